The van der Waals surface area contributed by atoms with E-state index in [1.807, 2.05) is 56.7 Å². The summed E-state index contributed by atoms with van der Waals surface area (Å²) in [6.07, 6.45) is 13.1. The van der Waals surface area contributed by atoms with Crippen LogP contribution in [-0.2, 0) is 12.8 Å². The monoisotopic (exact) mass is 580 g/mol. The van der Waals surface area contributed by atoms with E-state index in [0.29, 0.717) is 0 Å². The molecule has 5 heteroatoms. The first-order valence-corrected chi connectivity index (χ1v) is 17.8. The van der Waals surface area contributed by atoms with Crippen molar-refractivity contribution < 1.29 is 0 Å². The fourth-order valence-corrected chi connectivity index (χ4v) is 10.0. The van der Waals surface area contributed by atoms with Gasteiger partial charge in [0.2, 0.25) is 0 Å². The Kier molecular flexibility index (Phi) is 9.90. The molecular weight excluding hydrogens is 545 g/mol. The maximum Gasteiger partial charge on any atom is 0.0449 e. The molecule has 0 atom stereocenters. The van der Waals surface area contributed by atoms with Crippen molar-refractivity contribution in [2.45, 2.75) is 78.1 Å². The second-order valence-corrected chi connectivity index (χ2v) is 15.2. The van der Waals surface area contributed by atoms with Crippen LogP contribution in [0.3, 0.4) is 0 Å². The average molecular weight is 581 g/mol. The van der Waals surface area contributed by atoms with Gasteiger partial charge in [-0.05, 0) is 86.3 Å². The zero-order valence-corrected chi connectivity index (χ0v) is 26.0. The summed E-state index contributed by atoms with van der Waals surface area (Å²) in [6.45, 7) is 4.56. The molecule has 0 amide bonds. The molecule has 0 radical (unpaired) electrons. The highest BCUT2D eigenvalue weighted by Crippen LogP contribution is 2.44. The van der Waals surface area contributed by atoms with Gasteiger partial charge in [0.05, 0.1) is 0 Å². The van der Waals surface area contributed by atoms with E-state index in [2.05, 4.69) is 74.5 Å². The fraction of sp³-hybridized carbons (Fsp3) is 0.375. The highest BCUT2D eigenvalue weighted by atomic mass is 32.1. The van der Waals surface area contributed by atoms with E-state index in [9.17, 15) is 0 Å². The molecule has 0 bridgehead atoms. The Hall–Kier alpha value is -1.50. The molecule has 194 valence electrons. The lowest BCUT2D eigenvalue weighted by atomic mass is 10.1. The van der Waals surface area contributed by atoms with Crippen LogP contribution in [0.5, 0.6) is 0 Å². The van der Waals surface area contributed by atoms with Gasteiger partial charge in [-0.25, -0.2) is 0 Å². The molecule has 0 aliphatic heterocycles. The summed E-state index contributed by atoms with van der Waals surface area (Å²) in [5, 5.41) is 0. The maximum absolute atomic E-state index is 2.34. The Morgan fingerprint density at radius 3 is 0.973 bits per heavy atom. The van der Waals surface area contributed by atoms with Crippen molar-refractivity contribution in [1.29, 1.82) is 0 Å². The van der Waals surface area contributed by atoms with Crippen LogP contribution >= 0.6 is 56.7 Å². The van der Waals surface area contributed by atoms with E-state index in [1.54, 1.807) is 0 Å². The number of aryl methyl sites for hydroxylation is 2. The molecule has 0 aliphatic carbocycles. The van der Waals surface area contributed by atoms with Gasteiger partial charge in [0.1, 0.15) is 0 Å². The van der Waals surface area contributed by atoms with Gasteiger partial charge < -0.3 is 0 Å². The van der Waals surface area contributed by atoms with Crippen LogP contribution in [-0.4, -0.2) is 0 Å². The summed E-state index contributed by atoms with van der Waals surface area (Å²) in [6, 6.07) is 23.2. The zero-order chi connectivity index (χ0) is 25.5. The molecule has 0 nitrogen and oxygen atoms in total. The van der Waals surface area contributed by atoms with Crippen molar-refractivity contribution in [3.63, 3.8) is 0 Å². The third-order valence-corrected chi connectivity index (χ3v) is 13.0. The lowest BCUT2D eigenvalue weighted by Crippen LogP contribution is -1.80. The molecule has 0 N–H and O–H groups in total. The molecule has 5 heterocycles. The van der Waals surface area contributed by atoms with E-state index in [4.69, 9.17) is 0 Å². The summed E-state index contributed by atoms with van der Waals surface area (Å²) in [4.78, 5) is 14.2. The SMILES string of the molecule is CCCCCCc1ccc(-c2ccc(-c3ccc(-c4ccc(-c5ccc(CCCCCC)s5)s4)s3)s2)s1. The third-order valence-electron chi connectivity index (χ3n) is 6.67. The van der Waals surface area contributed by atoms with E-state index in [1.165, 1.54) is 113 Å². The maximum atomic E-state index is 2.34. The van der Waals surface area contributed by atoms with Crippen LogP contribution in [0.2, 0.25) is 0 Å². The number of rotatable bonds is 14. The van der Waals surface area contributed by atoms with Gasteiger partial charge in [-0.2, -0.15) is 0 Å². The third kappa shape index (κ3) is 7.13. The van der Waals surface area contributed by atoms with Crippen LogP contribution in [0, 0.1) is 0 Å². The van der Waals surface area contributed by atoms with E-state index < -0.39 is 0 Å². The van der Waals surface area contributed by atoms with Gasteiger partial charge in [-0.1, -0.05) is 52.4 Å². The molecule has 0 unspecified atom stereocenters. The highest BCUT2D eigenvalue weighted by molar-refractivity contribution is 7.29. The summed E-state index contributed by atoms with van der Waals surface area (Å²) < 4.78 is 0. The Bertz CT molecular complexity index is 1270. The largest absolute Gasteiger partial charge is 0.139 e. The van der Waals surface area contributed by atoms with Crippen LogP contribution in [0.15, 0.2) is 60.7 Å². The van der Waals surface area contributed by atoms with Crippen molar-refractivity contribution in [3.8, 4) is 39.0 Å². The number of unbranched alkanes of at least 4 members (excludes halogenated alkanes) is 6. The first-order chi connectivity index (χ1) is 18.2. The van der Waals surface area contributed by atoms with E-state index in [-0.39, 0.29) is 0 Å². The van der Waals surface area contributed by atoms with Crippen LogP contribution in [0.25, 0.3) is 39.0 Å². The predicted octanol–water partition coefficient (Wildman–Crippen LogP) is 12.9. The standard InChI is InChI=1S/C32H36S5/c1-3-5-7-9-11-23-13-15-25(33-23)27-17-19-29(35-27)31-21-22-32(37-31)30-20-18-28(36-30)26-16-14-24(34-26)12-10-8-6-4-2/h13-22H,3-12H2,1-2H3. The quantitative estimate of drug-likeness (QED) is 0.115. The van der Waals surface area contributed by atoms with E-state index in [0.717, 1.165) is 0 Å². The van der Waals surface area contributed by atoms with Gasteiger partial charge >= 0.3 is 0 Å². The van der Waals surface area contributed by atoms with Gasteiger partial charge in [0.25, 0.3) is 0 Å². The molecule has 0 aromatic carbocycles. The Morgan fingerprint density at radius 1 is 0.351 bits per heavy atom. The fourth-order valence-electron chi connectivity index (χ4n) is 4.55. The smallest absolute Gasteiger partial charge is 0.0449 e. The van der Waals surface area contributed by atoms with Crippen LogP contribution in [0.4, 0.5) is 0 Å². The van der Waals surface area contributed by atoms with Crippen LogP contribution in [0.1, 0.15) is 75.0 Å². The Labute approximate surface area is 242 Å². The van der Waals surface area contributed by atoms with Crippen molar-refractivity contribution in [2.75, 3.05) is 0 Å². The van der Waals surface area contributed by atoms with Crippen molar-refractivity contribution in [3.05, 3.63) is 70.4 Å². The average Bonchev–Trinajstić information content (AvgIpc) is 3.73. The molecule has 5 aromatic rings. The molecule has 0 aliphatic rings. The molecular formula is C32H36S5. The first kappa shape index (κ1) is 27.1. The minimum atomic E-state index is 1.23. The summed E-state index contributed by atoms with van der Waals surface area (Å²) in [5.41, 5.74) is 0. The molecule has 0 saturated carbocycles. The second-order valence-electron chi connectivity index (χ2n) is 9.64. The highest BCUT2D eigenvalue weighted by Gasteiger charge is 2.13. The van der Waals surface area contributed by atoms with Crippen molar-refractivity contribution in [1.82, 2.24) is 0 Å². The van der Waals surface area contributed by atoms with Crippen molar-refractivity contribution >= 4 is 56.7 Å². The minimum absolute atomic E-state index is 1.23. The summed E-state index contributed by atoms with van der Waals surface area (Å²) >= 11 is 9.75. The number of hydrogen-bond donors (Lipinski definition) is 0. The van der Waals surface area contributed by atoms with Gasteiger partial charge in [0.15, 0.2) is 0 Å². The summed E-state index contributed by atoms with van der Waals surface area (Å²) in [5.74, 6) is 0. The Balaban J connectivity index is 1.22. The van der Waals surface area contributed by atoms with E-state index >= 15 is 0 Å². The lowest BCUT2D eigenvalue weighted by Gasteiger charge is -1.97. The molecule has 0 fully saturated rings. The molecule has 5 aromatic heterocycles. The van der Waals surface area contributed by atoms with Crippen molar-refractivity contribution in [2.24, 2.45) is 0 Å². The zero-order valence-electron chi connectivity index (χ0n) is 21.9. The van der Waals surface area contributed by atoms with Gasteiger partial charge in [0, 0.05) is 48.8 Å². The van der Waals surface area contributed by atoms with Gasteiger partial charge in [-0.3, -0.25) is 0 Å². The lowest BCUT2D eigenvalue weighted by molar-refractivity contribution is 0.670. The summed E-state index contributed by atoms with van der Waals surface area (Å²) in [7, 11) is 0. The molecule has 0 saturated heterocycles. The normalized spacial score (nSPS) is 11.5. The molecule has 5 rings (SSSR count). The molecule has 37 heavy (non-hydrogen) atoms. The topological polar surface area (TPSA) is 0 Å². The van der Waals surface area contributed by atoms with Gasteiger partial charge in [-0.15, -0.1) is 56.7 Å². The molecule has 0 spiro atoms. The first-order valence-electron chi connectivity index (χ1n) is 13.7. The van der Waals surface area contributed by atoms with Crippen LogP contribution < -0.4 is 0 Å². The predicted molar refractivity (Wildman–Crippen MR) is 173 cm³/mol. The Morgan fingerprint density at radius 2 is 0.649 bits per heavy atom. The second kappa shape index (κ2) is 13.5. The number of hydrogen-bond acceptors (Lipinski definition) is 5. The number of thiophene rings is 5. The minimum Gasteiger partial charge on any atom is -0.139 e.